The Balaban J connectivity index is 1.12. The summed E-state index contributed by atoms with van der Waals surface area (Å²) in [4.78, 5) is 39.5. The fraction of sp³-hybridized carbons (Fsp3) is 0.625. The molecule has 4 aliphatic carbocycles. The van der Waals surface area contributed by atoms with E-state index in [0.717, 1.165) is 36.9 Å². The number of carbonyl (C=O) groups is 3. The van der Waals surface area contributed by atoms with Crippen molar-refractivity contribution in [1.82, 2.24) is 5.32 Å². The Labute approximate surface area is 177 Å². The zero-order chi connectivity index (χ0) is 20.9. The van der Waals surface area contributed by atoms with E-state index >= 15 is 0 Å². The Hall–Kier alpha value is -2.37. The molecule has 30 heavy (non-hydrogen) atoms. The number of ether oxygens (including phenoxy) is 1. The van der Waals surface area contributed by atoms with Crippen LogP contribution in [0.3, 0.4) is 0 Å². The fourth-order valence-electron chi connectivity index (χ4n) is 6.94. The number of rotatable bonds is 5. The third-order valence-corrected chi connectivity index (χ3v) is 7.75. The Bertz CT molecular complexity index is 844. The van der Waals surface area contributed by atoms with E-state index in [2.05, 4.69) is 5.32 Å². The van der Waals surface area contributed by atoms with Crippen molar-refractivity contribution in [3.63, 3.8) is 0 Å². The van der Waals surface area contributed by atoms with Crippen LogP contribution >= 0.6 is 0 Å². The molecule has 1 unspecified atom stereocenters. The molecule has 1 N–H and O–H groups in total. The minimum atomic E-state index is -0.554. The molecule has 2 amide bonds. The fourth-order valence-corrected chi connectivity index (χ4v) is 6.94. The lowest BCUT2D eigenvalue weighted by Gasteiger charge is -2.55. The maximum absolute atomic E-state index is 12.9. The number of hydrogen-bond donors (Lipinski definition) is 1. The van der Waals surface area contributed by atoms with Crippen LogP contribution in [0.1, 0.15) is 51.0 Å². The first-order chi connectivity index (χ1) is 14.4. The summed E-state index contributed by atoms with van der Waals surface area (Å²) in [7, 11) is 0. The molecule has 6 heteroatoms. The van der Waals surface area contributed by atoms with E-state index in [-0.39, 0.29) is 36.4 Å². The second kappa shape index (κ2) is 7.40. The average Bonchev–Trinajstić information content (AvgIpc) is 3.05. The number of carbonyl (C=O) groups excluding carboxylic acids is 3. The van der Waals surface area contributed by atoms with Crippen molar-refractivity contribution in [2.45, 2.75) is 57.9 Å². The van der Waals surface area contributed by atoms with Gasteiger partial charge in [0.2, 0.25) is 5.91 Å². The third kappa shape index (κ3) is 3.40. The van der Waals surface area contributed by atoms with Crippen molar-refractivity contribution in [1.29, 1.82) is 0 Å². The van der Waals surface area contributed by atoms with Crippen LogP contribution in [0.5, 0.6) is 0 Å². The van der Waals surface area contributed by atoms with Crippen LogP contribution in [0.25, 0.3) is 0 Å². The Morgan fingerprint density at radius 1 is 1.07 bits per heavy atom. The molecule has 4 saturated carbocycles. The molecule has 1 aromatic rings. The molecular weight excluding hydrogens is 380 g/mol. The Morgan fingerprint density at radius 3 is 2.37 bits per heavy atom. The summed E-state index contributed by atoms with van der Waals surface area (Å²) in [5, 5.41) is 2.82. The summed E-state index contributed by atoms with van der Waals surface area (Å²) in [6.07, 6.45) is 7.51. The largest absolute Gasteiger partial charge is 0.454 e. The van der Waals surface area contributed by atoms with E-state index in [1.165, 1.54) is 19.3 Å². The molecule has 0 saturated heterocycles. The number of fused-ring (bicyclic) bond motifs is 1. The predicted octanol–water partition coefficient (Wildman–Crippen LogP) is 2.84. The molecule has 160 valence electrons. The van der Waals surface area contributed by atoms with E-state index in [1.54, 1.807) is 4.90 Å². The lowest BCUT2D eigenvalue weighted by atomic mass is 9.49. The highest BCUT2D eigenvalue weighted by molar-refractivity contribution is 5.98. The summed E-state index contributed by atoms with van der Waals surface area (Å²) < 4.78 is 5.20. The quantitative estimate of drug-likeness (QED) is 0.758. The Morgan fingerprint density at radius 2 is 1.70 bits per heavy atom. The third-order valence-electron chi connectivity index (χ3n) is 7.75. The first kappa shape index (κ1) is 19.6. The predicted molar refractivity (Wildman–Crippen MR) is 112 cm³/mol. The SMILES string of the molecule is CC1Cc2ccccc2N1C(=O)COC(=O)CNC(=O)C12CC3CC(CC(C3)C1)C2. The van der Waals surface area contributed by atoms with Crippen molar-refractivity contribution >= 4 is 23.5 Å². The second-order valence-electron chi connectivity index (χ2n) is 9.99. The molecule has 0 aromatic heterocycles. The molecule has 5 aliphatic rings. The molecule has 1 atom stereocenters. The van der Waals surface area contributed by atoms with Gasteiger partial charge < -0.3 is 15.0 Å². The number of anilines is 1. The first-order valence-corrected chi connectivity index (χ1v) is 11.3. The number of nitrogens with zero attached hydrogens (tertiary/aromatic N) is 1. The average molecular weight is 411 g/mol. The normalized spacial score (nSPS) is 33.3. The van der Waals surface area contributed by atoms with Crippen LogP contribution in [-0.2, 0) is 25.5 Å². The molecule has 1 aromatic carbocycles. The van der Waals surface area contributed by atoms with Gasteiger partial charge in [0, 0.05) is 17.1 Å². The summed E-state index contributed by atoms with van der Waals surface area (Å²) >= 11 is 0. The maximum Gasteiger partial charge on any atom is 0.325 e. The number of benzene rings is 1. The topological polar surface area (TPSA) is 75.7 Å². The Kier molecular flexibility index (Phi) is 4.83. The minimum Gasteiger partial charge on any atom is -0.454 e. The summed E-state index contributed by atoms with van der Waals surface area (Å²) in [6.45, 7) is 1.52. The summed E-state index contributed by atoms with van der Waals surface area (Å²) in [5.74, 6) is 1.26. The minimum absolute atomic E-state index is 0.00645. The lowest BCUT2D eigenvalue weighted by molar-refractivity contribution is -0.152. The van der Waals surface area contributed by atoms with Gasteiger partial charge in [0.25, 0.3) is 5.91 Å². The summed E-state index contributed by atoms with van der Waals surface area (Å²) in [6, 6.07) is 7.86. The maximum atomic E-state index is 12.9. The number of hydrogen-bond acceptors (Lipinski definition) is 4. The number of nitrogens with one attached hydrogen (secondary N) is 1. The second-order valence-corrected chi connectivity index (χ2v) is 9.99. The standard InChI is InChI=1S/C24H30N2O4/c1-15-6-19-4-2-3-5-20(19)26(15)21(27)14-30-22(28)13-25-23(29)24-10-16-7-17(11-24)9-18(8-16)12-24/h2-5,15-18H,6-14H2,1H3,(H,25,29). The van der Waals surface area contributed by atoms with Gasteiger partial charge in [-0.25, -0.2) is 0 Å². The van der Waals surface area contributed by atoms with E-state index < -0.39 is 5.97 Å². The zero-order valence-corrected chi connectivity index (χ0v) is 17.6. The van der Waals surface area contributed by atoms with E-state index in [4.69, 9.17) is 4.74 Å². The molecule has 1 heterocycles. The molecule has 6 rings (SSSR count). The van der Waals surface area contributed by atoms with Crippen LogP contribution in [0, 0.1) is 23.2 Å². The monoisotopic (exact) mass is 410 g/mol. The van der Waals surface area contributed by atoms with Gasteiger partial charge in [0.15, 0.2) is 6.61 Å². The highest BCUT2D eigenvalue weighted by Crippen LogP contribution is 2.60. The number of esters is 1. The smallest absolute Gasteiger partial charge is 0.325 e. The van der Waals surface area contributed by atoms with Gasteiger partial charge in [0.05, 0.1) is 0 Å². The van der Waals surface area contributed by atoms with Crippen molar-refractivity contribution in [3.05, 3.63) is 29.8 Å². The van der Waals surface area contributed by atoms with Gasteiger partial charge in [-0.1, -0.05) is 18.2 Å². The number of para-hydroxylation sites is 1. The zero-order valence-electron chi connectivity index (χ0n) is 17.6. The van der Waals surface area contributed by atoms with Gasteiger partial charge in [0.1, 0.15) is 6.54 Å². The van der Waals surface area contributed by atoms with Gasteiger partial charge in [-0.15, -0.1) is 0 Å². The van der Waals surface area contributed by atoms with Gasteiger partial charge in [-0.05, 0) is 81.3 Å². The number of amides is 2. The van der Waals surface area contributed by atoms with E-state index in [0.29, 0.717) is 17.8 Å². The molecular formula is C24H30N2O4. The van der Waals surface area contributed by atoms with E-state index in [9.17, 15) is 14.4 Å². The van der Waals surface area contributed by atoms with Gasteiger partial charge >= 0.3 is 5.97 Å². The van der Waals surface area contributed by atoms with Crippen LogP contribution in [-0.4, -0.2) is 37.0 Å². The molecule has 0 radical (unpaired) electrons. The lowest BCUT2D eigenvalue weighted by Crippen LogP contribution is -2.54. The van der Waals surface area contributed by atoms with Crippen molar-refractivity contribution in [2.75, 3.05) is 18.1 Å². The molecule has 1 aliphatic heterocycles. The van der Waals surface area contributed by atoms with Crippen LogP contribution < -0.4 is 10.2 Å². The van der Waals surface area contributed by atoms with Crippen molar-refractivity contribution in [3.8, 4) is 0 Å². The van der Waals surface area contributed by atoms with Crippen molar-refractivity contribution < 1.29 is 19.1 Å². The first-order valence-electron chi connectivity index (χ1n) is 11.3. The van der Waals surface area contributed by atoms with E-state index in [1.807, 2.05) is 31.2 Å². The molecule has 4 fully saturated rings. The van der Waals surface area contributed by atoms with Gasteiger partial charge in [-0.2, -0.15) is 0 Å². The molecule has 4 bridgehead atoms. The van der Waals surface area contributed by atoms with Crippen LogP contribution in [0.15, 0.2) is 24.3 Å². The molecule has 0 spiro atoms. The highest BCUT2D eigenvalue weighted by Gasteiger charge is 2.54. The highest BCUT2D eigenvalue weighted by atomic mass is 16.5. The van der Waals surface area contributed by atoms with Crippen molar-refractivity contribution in [2.24, 2.45) is 23.2 Å². The van der Waals surface area contributed by atoms with Gasteiger partial charge in [-0.3, -0.25) is 14.4 Å². The molecule has 6 nitrogen and oxygen atoms in total. The summed E-state index contributed by atoms with van der Waals surface area (Å²) in [5.41, 5.74) is 1.74. The van der Waals surface area contributed by atoms with Crippen LogP contribution in [0.4, 0.5) is 5.69 Å². The van der Waals surface area contributed by atoms with Crippen LogP contribution in [0.2, 0.25) is 0 Å².